The highest BCUT2D eigenvalue weighted by atomic mass is 32.1. The molecular weight excluding hydrogens is 250 g/mol. The van der Waals surface area contributed by atoms with Gasteiger partial charge in [0.25, 0.3) is 0 Å². The SMILES string of the molecule is CCCNC(c1sccc1C)C1C2C3CCC(C3)C21. The van der Waals surface area contributed by atoms with Crippen molar-refractivity contribution >= 4 is 11.3 Å². The second-order valence-electron chi connectivity index (χ2n) is 6.96. The summed E-state index contributed by atoms with van der Waals surface area (Å²) in [5, 5.41) is 6.16. The minimum absolute atomic E-state index is 0.665. The monoisotopic (exact) mass is 275 g/mol. The van der Waals surface area contributed by atoms with Crippen LogP contribution in [0.2, 0.25) is 0 Å². The maximum atomic E-state index is 3.88. The first kappa shape index (κ1) is 12.4. The average molecular weight is 275 g/mol. The first-order valence-corrected chi connectivity index (χ1v) is 8.96. The van der Waals surface area contributed by atoms with Crippen LogP contribution in [-0.4, -0.2) is 6.54 Å². The molecule has 5 atom stereocenters. The normalized spacial score (nSPS) is 40.4. The fraction of sp³-hybridized carbons (Fsp3) is 0.765. The van der Waals surface area contributed by atoms with Crippen LogP contribution in [0.4, 0.5) is 0 Å². The molecule has 3 aliphatic rings. The van der Waals surface area contributed by atoms with Gasteiger partial charge in [0.15, 0.2) is 0 Å². The molecule has 1 heterocycles. The number of hydrogen-bond donors (Lipinski definition) is 1. The van der Waals surface area contributed by atoms with E-state index in [2.05, 4.69) is 30.6 Å². The zero-order chi connectivity index (χ0) is 13.0. The number of thiophene rings is 1. The zero-order valence-corrected chi connectivity index (χ0v) is 12.9. The van der Waals surface area contributed by atoms with E-state index >= 15 is 0 Å². The van der Waals surface area contributed by atoms with Crippen molar-refractivity contribution in [3.05, 3.63) is 21.9 Å². The Balaban J connectivity index is 1.57. The highest BCUT2D eigenvalue weighted by molar-refractivity contribution is 7.10. The van der Waals surface area contributed by atoms with E-state index in [1.165, 1.54) is 31.4 Å². The second-order valence-corrected chi connectivity index (χ2v) is 7.91. The van der Waals surface area contributed by atoms with E-state index in [0.717, 1.165) is 29.6 Å². The highest BCUT2D eigenvalue weighted by Gasteiger charge is 2.66. The van der Waals surface area contributed by atoms with Gasteiger partial charge in [-0.15, -0.1) is 11.3 Å². The van der Waals surface area contributed by atoms with Crippen molar-refractivity contribution in [1.82, 2.24) is 5.32 Å². The number of aryl methyl sites for hydroxylation is 1. The molecule has 0 aliphatic heterocycles. The molecule has 3 saturated carbocycles. The van der Waals surface area contributed by atoms with Gasteiger partial charge in [-0.2, -0.15) is 0 Å². The van der Waals surface area contributed by atoms with Crippen molar-refractivity contribution in [2.75, 3.05) is 6.54 Å². The molecule has 2 bridgehead atoms. The molecule has 1 nitrogen and oxygen atoms in total. The number of hydrogen-bond acceptors (Lipinski definition) is 2. The van der Waals surface area contributed by atoms with Crippen LogP contribution < -0.4 is 5.32 Å². The molecule has 19 heavy (non-hydrogen) atoms. The Morgan fingerprint density at radius 1 is 1.32 bits per heavy atom. The van der Waals surface area contributed by atoms with Crippen molar-refractivity contribution in [3.8, 4) is 0 Å². The van der Waals surface area contributed by atoms with Crippen LogP contribution in [-0.2, 0) is 0 Å². The Bertz CT molecular complexity index is 450. The fourth-order valence-corrected chi connectivity index (χ4v) is 6.30. The summed E-state index contributed by atoms with van der Waals surface area (Å²) in [6.45, 7) is 5.75. The van der Waals surface area contributed by atoms with E-state index in [1.807, 2.05) is 11.3 Å². The molecule has 0 spiro atoms. The molecule has 4 rings (SSSR count). The predicted octanol–water partition coefficient (Wildman–Crippen LogP) is 4.39. The maximum absolute atomic E-state index is 3.88. The number of nitrogens with one attached hydrogen (secondary N) is 1. The molecule has 3 aliphatic carbocycles. The lowest BCUT2D eigenvalue weighted by Crippen LogP contribution is -2.26. The van der Waals surface area contributed by atoms with Gasteiger partial charge in [0.2, 0.25) is 0 Å². The molecule has 1 N–H and O–H groups in total. The summed E-state index contributed by atoms with van der Waals surface area (Å²) in [7, 11) is 0. The lowest BCUT2D eigenvalue weighted by atomic mass is 9.95. The van der Waals surface area contributed by atoms with Crippen LogP contribution in [0.15, 0.2) is 11.4 Å². The minimum Gasteiger partial charge on any atom is -0.309 e. The molecule has 3 fully saturated rings. The summed E-state index contributed by atoms with van der Waals surface area (Å²) >= 11 is 1.98. The summed E-state index contributed by atoms with van der Waals surface area (Å²) < 4.78 is 0. The Morgan fingerprint density at radius 2 is 2.05 bits per heavy atom. The van der Waals surface area contributed by atoms with Crippen LogP contribution in [0.1, 0.15) is 49.1 Å². The highest BCUT2D eigenvalue weighted by Crippen LogP contribution is 2.72. The van der Waals surface area contributed by atoms with Crippen molar-refractivity contribution in [3.63, 3.8) is 0 Å². The lowest BCUT2D eigenvalue weighted by Gasteiger charge is -2.22. The van der Waals surface area contributed by atoms with Crippen LogP contribution in [0.5, 0.6) is 0 Å². The molecule has 0 amide bonds. The van der Waals surface area contributed by atoms with Gasteiger partial charge in [-0.1, -0.05) is 6.92 Å². The summed E-state index contributed by atoms with van der Waals surface area (Å²) in [6.07, 6.45) is 5.88. The van der Waals surface area contributed by atoms with Crippen molar-refractivity contribution in [2.24, 2.45) is 29.6 Å². The number of fused-ring (bicyclic) bond motifs is 5. The Hall–Kier alpha value is -0.340. The Kier molecular flexibility index (Phi) is 3.00. The van der Waals surface area contributed by atoms with Gasteiger partial charge in [-0.3, -0.25) is 0 Å². The van der Waals surface area contributed by atoms with E-state index in [-0.39, 0.29) is 0 Å². The van der Waals surface area contributed by atoms with Crippen LogP contribution in [0.25, 0.3) is 0 Å². The molecule has 0 aromatic carbocycles. The number of rotatable bonds is 5. The molecule has 2 heteroatoms. The van der Waals surface area contributed by atoms with E-state index in [0.29, 0.717) is 6.04 Å². The molecular formula is C17H25NS. The van der Waals surface area contributed by atoms with Crippen molar-refractivity contribution in [1.29, 1.82) is 0 Å². The van der Waals surface area contributed by atoms with Crippen molar-refractivity contribution < 1.29 is 0 Å². The van der Waals surface area contributed by atoms with Crippen LogP contribution in [0.3, 0.4) is 0 Å². The van der Waals surface area contributed by atoms with Gasteiger partial charge in [-0.25, -0.2) is 0 Å². The average Bonchev–Trinajstić information content (AvgIpc) is 2.78. The van der Waals surface area contributed by atoms with Gasteiger partial charge in [0.1, 0.15) is 0 Å². The molecule has 1 aromatic heterocycles. The fourth-order valence-electron chi connectivity index (χ4n) is 5.24. The topological polar surface area (TPSA) is 12.0 Å². The Labute approximate surface area is 120 Å². The lowest BCUT2D eigenvalue weighted by molar-refractivity contribution is 0.373. The van der Waals surface area contributed by atoms with E-state index < -0.39 is 0 Å². The molecule has 1 aromatic rings. The molecule has 0 radical (unpaired) electrons. The molecule has 104 valence electrons. The van der Waals surface area contributed by atoms with Gasteiger partial charge in [0, 0.05) is 10.9 Å². The quantitative estimate of drug-likeness (QED) is 0.840. The van der Waals surface area contributed by atoms with E-state index in [4.69, 9.17) is 0 Å². The Morgan fingerprint density at radius 3 is 2.63 bits per heavy atom. The maximum Gasteiger partial charge on any atom is 0.0451 e. The van der Waals surface area contributed by atoms with Crippen LogP contribution >= 0.6 is 11.3 Å². The standard InChI is InChI=1S/C17H25NS/c1-3-7-18-16(17-10(2)6-8-19-17)15-13-11-4-5-12(9-11)14(13)15/h6,8,11-16,18H,3-5,7,9H2,1-2H3. The molecule has 5 unspecified atom stereocenters. The second kappa shape index (κ2) is 4.60. The summed E-state index contributed by atoms with van der Waals surface area (Å²) in [5.41, 5.74) is 1.51. The van der Waals surface area contributed by atoms with Gasteiger partial charge < -0.3 is 5.32 Å². The third-order valence-electron chi connectivity index (χ3n) is 5.98. The van der Waals surface area contributed by atoms with E-state index in [9.17, 15) is 0 Å². The summed E-state index contributed by atoms with van der Waals surface area (Å²) in [4.78, 5) is 1.63. The first-order valence-electron chi connectivity index (χ1n) is 8.08. The summed E-state index contributed by atoms with van der Waals surface area (Å²) in [6, 6.07) is 2.96. The van der Waals surface area contributed by atoms with Gasteiger partial charge in [0.05, 0.1) is 0 Å². The first-order chi connectivity index (χ1) is 9.31. The predicted molar refractivity (Wildman–Crippen MR) is 81.4 cm³/mol. The summed E-state index contributed by atoms with van der Waals surface area (Å²) in [5.74, 6) is 5.30. The third kappa shape index (κ3) is 1.83. The zero-order valence-electron chi connectivity index (χ0n) is 12.1. The molecule has 0 saturated heterocycles. The minimum atomic E-state index is 0.665. The van der Waals surface area contributed by atoms with Crippen LogP contribution in [0, 0.1) is 36.5 Å². The third-order valence-corrected chi connectivity index (χ3v) is 7.08. The largest absolute Gasteiger partial charge is 0.309 e. The smallest absolute Gasteiger partial charge is 0.0451 e. The van der Waals surface area contributed by atoms with Gasteiger partial charge >= 0.3 is 0 Å². The van der Waals surface area contributed by atoms with Gasteiger partial charge in [-0.05, 0) is 85.8 Å². The van der Waals surface area contributed by atoms with E-state index in [1.54, 1.807) is 11.3 Å². The van der Waals surface area contributed by atoms with Crippen molar-refractivity contribution in [2.45, 2.75) is 45.6 Å².